The van der Waals surface area contributed by atoms with Crippen LogP contribution in [0.25, 0.3) is 0 Å². The van der Waals surface area contributed by atoms with Gasteiger partial charge in [-0.05, 0) is 30.6 Å². The van der Waals surface area contributed by atoms with E-state index in [1.54, 1.807) is 4.90 Å². The smallest absolute Gasteiger partial charge is 0.325 e. The van der Waals surface area contributed by atoms with E-state index in [0.29, 0.717) is 31.3 Å². The highest BCUT2D eigenvalue weighted by Crippen LogP contribution is 2.38. The van der Waals surface area contributed by atoms with Gasteiger partial charge in [-0.1, -0.05) is 47.5 Å². The molecule has 2 atom stereocenters. The van der Waals surface area contributed by atoms with Gasteiger partial charge in [0.05, 0.1) is 0 Å². The van der Waals surface area contributed by atoms with Gasteiger partial charge in [0, 0.05) is 13.1 Å². The largest absolute Gasteiger partial charge is 0.341 e. The van der Waals surface area contributed by atoms with E-state index < -0.39 is 11.6 Å². The molecule has 6 nitrogen and oxygen atoms in total. The zero-order chi connectivity index (χ0) is 18.8. The number of nitrogens with zero attached hydrogens (tertiary/aromatic N) is 2. The molecule has 0 bridgehead atoms. The lowest BCUT2D eigenvalue weighted by Gasteiger charge is -2.37. The maximum atomic E-state index is 13.0. The van der Waals surface area contributed by atoms with E-state index in [0.717, 1.165) is 24.2 Å². The predicted molar refractivity (Wildman–Crippen MR) is 96.9 cm³/mol. The number of amides is 4. The minimum absolute atomic E-state index is 0.111. The Morgan fingerprint density at radius 3 is 2.32 bits per heavy atom. The average Bonchev–Trinajstić information content (AvgIpc) is 2.74. The second-order valence-corrected chi connectivity index (χ2v) is 8.53. The highest BCUT2D eigenvalue weighted by atomic mass is 16.2. The molecule has 1 aliphatic carbocycles. The van der Waals surface area contributed by atoms with Crippen LogP contribution < -0.4 is 5.32 Å². The van der Waals surface area contributed by atoms with Crippen molar-refractivity contribution in [3.8, 4) is 0 Å². The van der Waals surface area contributed by atoms with E-state index in [-0.39, 0.29) is 24.3 Å². The molecule has 1 saturated heterocycles. The SMILES string of the molecule is CC(C)CN(CC(C)C)C(=O)CN1C(=O)N[C@@]2(CCCC[C@H]2C)C1=O. The van der Waals surface area contributed by atoms with Crippen LogP contribution in [0.2, 0.25) is 0 Å². The van der Waals surface area contributed by atoms with Gasteiger partial charge in [-0.3, -0.25) is 14.5 Å². The Balaban J connectivity index is 2.11. The van der Waals surface area contributed by atoms with Crippen LogP contribution in [0.15, 0.2) is 0 Å². The minimum atomic E-state index is -0.795. The van der Waals surface area contributed by atoms with Crippen molar-refractivity contribution in [2.24, 2.45) is 17.8 Å². The van der Waals surface area contributed by atoms with Crippen molar-refractivity contribution in [2.75, 3.05) is 19.6 Å². The Labute approximate surface area is 151 Å². The second-order valence-electron chi connectivity index (χ2n) is 8.53. The average molecular weight is 351 g/mol. The van der Waals surface area contributed by atoms with E-state index in [1.807, 2.05) is 6.92 Å². The van der Waals surface area contributed by atoms with Crippen LogP contribution in [0.4, 0.5) is 4.79 Å². The fraction of sp³-hybridized carbons (Fsp3) is 0.842. The molecule has 4 amide bonds. The first kappa shape index (κ1) is 19.7. The van der Waals surface area contributed by atoms with Crippen LogP contribution in [0.5, 0.6) is 0 Å². The fourth-order valence-electron chi connectivity index (χ4n) is 4.03. The lowest BCUT2D eigenvalue weighted by molar-refractivity contribution is -0.141. The van der Waals surface area contributed by atoms with Gasteiger partial charge >= 0.3 is 6.03 Å². The summed E-state index contributed by atoms with van der Waals surface area (Å²) in [4.78, 5) is 41.1. The molecule has 2 rings (SSSR count). The van der Waals surface area contributed by atoms with E-state index >= 15 is 0 Å². The molecular formula is C19H33N3O3. The number of urea groups is 1. The van der Waals surface area contributed by atoms with Crippen molar-refractivity contribution < 1.29 is 14.4 Å². The first-order valence-corrected chi connectivity index (χ1v) is 9.59. The maximum absolute atomic E-state index is 13.0. The molecule has 0 unspecified atom stereocenters. The molecule has 2 fully saturated rings. The third-order valence-corrected chi connectivity index (χ3v) is 5.32. The Morgan fingerprint density at radius 2 is 1.80 bits per heavy atom. The molecule has 0 aromatic rings. The molecule has 1 N–H and O–H groups in total. The summed E-state index contributed by atoms with van der Waals surface area (Å²) >= 11 is 0. The molecule has 0 radical (unpaired) electrons. The lowest BCUT2D eigenvalue weighted by Crippen LogP contribution is -2.54. The van der Waals surface area contributed by atoms with Gasteiger partial charge in [0.2, 0.25) is 5.91 Å². The number of carbonyl (C=O) groups excluding carboxylic acids is 3. The van der Waals surface area contributed by atoms with Crippen LogP contribution in [0, 0.1) is 17.8 Å². The fourth-order valence-corrected chi connectivity index (χ4v) is 4.03. The third kappa shape index (κ3) is 4.15. The molecule has 25 heavy (non-hydrogen) atoms. The Hall–Kier alpha value is -1.59. The van der Waals surface area contributed by atoms with E-state index in [4.69, 9.17) is 0 Å². The molecule has 2 aliphatic rings. The van der Waals surface area contributed by atoms with Gasteiger partial charge in [0.1, 0.15) is 12.1 Å². The number of imide groups is 1. The highest BCUT2D eigenvalue weighted by Gasteiger charge is 2.55. The van der Waals surface area contributed by atoms with Crippen molar-refractivity contribution in [2.45, 2.75) is 65.8 Å². The third-order valence-electron chi connectivity index (χ3n) is 5.32. The monoisotopic (exact) mass is 351 g/mol. The number of nitrogens with one attached hydrogen (secondary N) is 1. The summed E-state index contributed by atoms with van der Waals surface area (Å²) < 4.78 is 0. The minimum Gasteiger partial charge on any atom is -0.341 e. The zero-order valence-corrected chi connectivity index (χ0v) is 16.3. The first-order chi connectivity index (χ1) is 11.7. The summed E-state index contributed by atoms with van der Waals surface area (Å²) in [6.07, 6.45) is 3.62. The van der Waals surface area contributed by atoms with Gasteiger partial charge in [0.25, 0.3) is 5.91 Å². The summed E-state index contributed by atoms with van der Waals surface area (Å²) in [5.41, 5.74) is -0.795. The van der Waals surface area contributed by atoms with Gasteiger partial charge in [-0.25, -0.2) is 4.79 Å². The van der Waals surface area contributed by atoms with Crippen LogP contribution in [0.3, 0.4) is 0 Å². The Kier molecular flexibility index (Phi) is 6.12. The predicted octanol–water partition coefficient (Wildman–Crippen LogP) is 2.63. The van der Waals surface area contributed by atoms with Crippen LogP contribution in [0.1, 0.15) is 60.3 Å². The summed E-state index contributed by atoms with van der Waals surface area (Å²) in [5, 5.41) is 2.91. The first-order valence-electron chi connectivity index (χ1n) is 9.59. The van der Waals surface area contributed by atoms with Crippen molar-refractivity contribution in [1.82, 2.24) is 15.1 Å². The second kappa shape index (κ2) is 7.75. The van der Waals surface area contributed by atoms with Crippen molar-refractivity contribution >= 4 is 17.8 Å². The number of carbonyl (C=O) groups is 3. The molecular weight excluding hydrogens is 318 g/mol. The standard InChI is InChI=1S/C19H33N3O3/c1-13(2)10-21(11-14(3)4)16(23)12-22-17(24)19(20-18(22)25)9-7-6-8-15(19)5/h13-15H,6-12H2,1-5H3,(H,20,25)/t15-,19-/m1/s1. The summed E-state index contributed by atoms with van der Waals surface area (Å²) in [7, 11) is 0. The Bertz CT molecular complexity index is 522. The van der Waals surface area contributed by atoms with Crippen LogP contribution in [-0.2, 0) is 9.59 Å². The molecule has 142 valence electrons. The van der Waals surface area contributed by atoms with E-state index in [9.17, 15) is 14.4 Å². The van der Waals surface area contributed by atoms with Crippen LogP contribution in [-0.4, -0.2) is 52.8 Å². The summed E-state index contributed by atoms with van der Waals surface area (Å²) in [6, 6.07) is -0.416. The van der Waals surface area contributed by atoms with Crippen LogP contribution >= 0.6 is 0 Å². The lowest BCUT2D eigenvalue weighted by atomic mass is 9.73. The highest BCUT2D eigenvalue weighted by molar-refractivity contribution is 6.09. The zero-order valence-electron chi connectivity index (χ0n) is 16.3. The molecule has 1 saturated carbocycles. The van der Waals surface area contributed by atoms with Crippen molar-refractivity contribution in [3.05, 3.63) is 0 Å². The molecule has 0 aromatic heterocycles. The number of hydrogen-bond donors (Lipinski definition) is 1. The van der Waals surface area contributed by atoms with Crippen molar-refractivity contribution in [3.63, 3.8) is 0 Å². The van der Waals surface area contributed by atoms with E-state index in [2.05, 4.69) is 33.0 Å². The van der Waals surface area contributed by atoms with E-state index in [1.165, 1.54) is 0 Å². The van der Waals surface area contributed by atoms with Gasteiger partial charge < -0.3 is 10.2 Å². The molecule has 0 aromatic carbocycles. The molecule has 1 aliphatic heterocycles. The van der Waals surface area contributed by atoms with Gasteiger partial charge in [-0.2, -0.15) is 0 Å². The topological polar surface area (TPSA) is 69.7 Å². The maximum Gasteiger partial charge on any atom is 0.325 e. The quantitative estimate of drug-likeness (QED) is 0.748. The number of hydrogen-bond acceptors (Lipinski definition) is 3. The molecule has 6 heteroatoms. The Morgan fingerprint density at radius 1 is 1.20 bits per heavy atom. The normalized spacial score (nSPS) is 26.7. The molecule has 1 heterocycles. The van der Waals surface area contributed by atoms with Gasteiger partial charge in [0.15, 0.2) is 0 Å². The summed E-state index contributed by atoms with van der Waals surface area (Å²) in [6.45, 7) is 11.4. The summed E-state index contributed by atoms with van der Waals surface area (Å²) in [5.74, 6) is 0.435. The van der Waals surface area contributed by atoms with Crippen molar-refractivity contribution in [1.29, 1.82) is 0 Å². The number of rotatable bonds is 6. The molecule has 1 spiro atoms. The van der Waals surface area contributed by atoms with Gasteiger partial charge in [-0.15, -0.1) is 0 Å².